The summed E-state index contributed by atoms with van der Waals surface area (Å²) in [5.41, 5.74) is 4.76. The zero-order chi connectivity index (χ0) is 13.7. The number of H-pyrrole nitrogens is 1. The summed E-state index contributed by atoms with van der Waals surface area (Å²) in [4.78, 5) is 11.8. The second-order valence-electron chi connectivity index (χ2n) is 4.69. The van der Waals surface area contributed by atoms with Crippen LogP contribution in [0.2, 0.25) is 10.2 Å². The first-order valence-corrected chi connectivity index (χ1v) is 6.88. The van der Waals surface area contributed by atoms with Crippen molar-refractivity contribution in [2.45, 2.75) is 13.2 Å². The first-order chi connectivity index (χ1) is 9.70. The largest absolute Gasteiger partial charge is 0.372 e. The first-order valence-electron chi connectivity index (χ1n) is 6.12. The first kappa shape index (κ1) is 12.1. The quantitative estimate of drug-likeness (QED) is 0.692. The third kappa shape index (κ3) is 1.88. The summed E-state index contributed by atoms with van der Waals surface area (Å²) in [5.74, 6) is 0.750. The van der Waals surface area contributed by atoms with Gasteiger partial charge in [0.1, 0.15) is 11.0 Å². The Labute approximate surface area is 124 Å². The van der Waals surface area contributed by atoms with E-state index in [1.54, 1.807) is 6.07 Å². The molecule has 1 aliphatic rings. The van der Waals surface area contributed by atoms with Gasteiger partial charge in [0, 0.05) is 5.56 Å². The predicted molar refractivity (Wildman–Crippen MR) is 77.8 cm³/mol. The fourth-order valence-electron chi connectivity index (χ4n) is 2.35. The molecule has 0 spiro atoms. The van der Waals surface area contributed by atoms with Crippen LogP contribution < -0.4 is 0 Å². The lowest BCUT2D eigenvalue weighted by molar-refractivity contribution is 0.134. The number of nitrogens with one attached hydrogen (secondary N) is 1. The van der Waals surface area contributed by atoms with Gasteiger partial charge in [-0.25, -0.2) is 9.97 Å². The van der Waals surface area contributed by atoms with Crippen molar-refractivity contribution in [1.29, 1.82) is 0 Å². The van der Waals surface area contributed by atoms with Crippen molar-refractivity contribution in [2.24, 2.45) is 0 Å². The van der Waals surface area contributed by atoms with E-state index in [9.17, 15) is 0 Å². The number of hydrogen-bond donors (Lipinski definition) is 1. The average molecular weight is 306 g/mol. The van der Waals surface area contributed by atoms with Crippen molar-refractivity contribution in [3.63, 3.8) is 0 Å². The monoisotopic (exact) mass is 305 g/mol. The van der Waals surface area contributed by atoms with Crippen LogP contribution in [0.25, 0.3) is 22.6 Å². The lowest BCUT2D eigenvalue weighted by Crippen LogP contribution is -1.86. The summed E-state index contributed by atoms with van der Waals surface area (Å²) in [6.07, 6.45) is 0. The van der Waals surface area contributed by atoms with E-state index in [2.05, 4.69) is 27.1 Å². The summed E-state index contributed by atoms with van der Waals surface area (Å²) in [6.45, 7) is 1.34. The van der Waals surface area contributed by atoms with Gasteiger partial charge < -0.3 is 9.72 Å². The fraction of sp³-hybridized carbons (Fsp3) is 0.143. The third-order valence-corrected chi connectivity index (χ3v) is 4.05. The third-order valence-electron chi connectivity index (χ3n) is 3.38. The number of nitrogens with zero attached hydrogens (tertiary/aromatic N) is 2. The Kier molecular flexibility index (Phi) is 2.70. The van der Waals surface area contributed by atoms with Gasteiger partial charge in [0.2, 0.25) is 0 Å². The predicted octanol–water partition coefficient (Wildman–Crippen LogP) is 3.96. The number of aromatic amines is 1. The molecule has 0 amide bonds. The van der Waals surface area contributed by atoms with E-state index >= 15 is 0 Å². The number of benzene rings is 1. The van der Waals surface area contributed by atoms with Crippen LogP contribution in [-0.4, -0.2) is 15.0 Å². The highest BCUT2D eigenvalue weighted by molar-refractivity contribution is 6.41. The van der Waals surface area contributed by atoms with Gasteiger partial charge >= 0.3 is 0 Å². The standard InChI is InChI=1S/C14H9Cl2N3O/c15-10-4-11-14(18-12(10)16)19-13(17-11)7-1-2-8-5-20-6-9(8)3-7/h1-4H,5-6H2,(H,17,18,19). The minimum absolute atomic E-state index is 0.263. The van der Waals surface area contributed by atoms with Gasteiger partial charge in [-0.3, -0.25) is 0 Å². The Hall–Kier alpha value is -1.62. The summed E-state index contributed by atoms with van der Waals surface area (Å²) in [6, 6.07) is 7.91. The molecular weight excluding hydrogens is 297 g/mol. The van der Waals surface area contributed by atoms with Crippen molar-refractivity contribution in [2.75, 3.05) is 0 Å². The molecule has 20 heavy (non-hydrogen) atoms. The van der Waals surface area contributed by atoms with E-state index in [0.29, 0.717) is 23.9 Å². The lowest BCUT2D eigenvalue weighted by atomic mass is 10.1. The Morgan fingerprint density at radius 1 is 1.05 bits per heavy atom. The van der Waals surface area contributed by atoms with Crippen LogP contribution in [0.1, 0.15) is 11.1 Å². The van der Waals surface area contributed by atoms with E-state index in [1.165, 1.54) is 11.1 Å². The molecule has 0 radical (unpaired) electrons. The Balaban J connectivity index is 1.86. The van der Waals surface area contributed by atoms with Crippen molar-refractivity contribution < 1.29 is 4.74 Å². The van der Waals surface area contributed by atoms with Crippen LogP contribution in [-0.2, 0) is 18.0 Å². The number of ether oxygens (including phenoxy) is 1. The number of fused-ring (bicyclic) bond motifs is 2. The minimum atomic E-state index is 0.263. The van der Waals surface area contributed by atoms with E-state index < -0.39 is 0 Å². The number of imidazole rings is 1. The van der Waals surface area contributed by atoms with Crippen LogP contribution in [0.4, 0.5) is 0 Å². The molecule has 100 valence electrons. The van der Waals surface area contributed by atoms with Crippen molar-refractivity contribution >= 4 is 34.4 Å². The second kappa shape index (κ2) is 4.45. The van der Waals surface area contributed by atoms with Gasteiger partial charge in [0.15, 0.2) is 5.65 Å². The van der Waals surface area contributed by atoms with E-state index in [4.69, 9.17) is 27.9 Å². The van der Waals surface area contributed by atoms with Crippen LogP contribution in [0.15, 0.2) is 24.3 Å². The number of hydrogen-bond acceptors (Lipinski definition) is 3. The lowest BCUT2D eigenvalue weighted by Gasteiger charge is -2.00. The highest BCUT2D eigenvalue weighted by atomic mass is 35.5. The van der Waals surface area contributed by atoms with Crippen LogP contribution >= 0.6 is 23.2 Å². The Morgan fingerprint density at radius 3 is 2.80 bits per heavy atom. The molecule has 3 aromatic rings. The van der Waals surface area contributed by atoms with Gasteiger partial charge in [-0.1, -0.05) is 35.3 Å². The van der Waals surface area contributed by atoms with Crippen molar-refractivity contribution in [3.05, 3.63) is 45.6 Å². The highest BCUT2D eigenvalue weighted by Crippen LogP contribution is 2.28. The summed E-state index contributed by atoms with van der Waals surface area (Å²) in [5, 5.41) is 0.677. The second-order valence-corrected chi connectivity index (χ2v) is 5.46. The summed E-state index contributed by atoms with van der Waals surface area (Å²) >= 11 is 11.9. The summed E-state index contributed by atoms with van der Waals surface area (Å²) in [7, 11) is 0. The zero-order valence-corrected chi connectivity index (χ0v) is 11.8. The van der Waals surface area contributed by atoms with Gasteiger partial charge in [-0.2, -0.15) is 0 Å². The number of aromatic nitrogens is 3. The maximum atomic E-state index is 5.96. The van der Waals surface area contributed by atoms with Crippen molar-refractivity contribution in [3.8, 4) is 11.4 Å². The molecule has 0 unspecified atom stereocenters. The van der Waals surface area contributed by atoms with Gasteiger partial charge in [0.25, 0.3) is 0 Å². The normalized spacial score (nSPS) is 13.9. The zero-order valence-electron chi connectivity index (χ0n) is 10.3. The van der Waals surface area contributed by atoms with Crippen LogP contribution in [0.5, 0.6) is 0 Å². The minimum Gasteiger partial charge on any atom is -0.372 e. The van der Waals surface area contributed by atoms with Gasteiger partial charge in [-0.15, -0.1) is 0 Å². The maximum Gasteiger partial charge on any atom is 0.179 e. The smallest absolute Gasteiger partial charge is 0.179 e. The Morgan fingerprint density at radius 2 is 1.90 bits per heavy atom. The van der Waals surface area contributed by atoms with Crippen molar-refractivity contribution in [1.82, 2.24) is 15.0 Å². The summed E-state index contributed by atoms with van der Waals surface area (Å²) < 4.78 is 5.42. The van der Waals surface area contributed by atoms with Crippen LogP contribution in [0.3, 0.4) is 0 Å². The SMILES string of the molecule is Clc1cc2[nH]c(-c3ccc4c(c3)COC4)nc2nc1Cl. The molecule has 0 atom stereocenters. The van der Waals surface area contributed by atoms with E-state index in [-0.39, 0.29) is 5.15 Å². The highest BCUT2D eigenvalue weighted by Gasteiger charge is 2.14. The molecule has 4 rings (SSSR count). The molecule has 6 heteroatoms. The molecule has 1 aromatic carbocycles. The van der Waals surface area contributed by atoms with Gasteiger partial charge in [-0.05, 0) is 23.3 Å². The molecule has 2 aromatic heterocycles. The van der Waals surface area contributed by atoms with E-state index in [0.717, 1.165) is 16.9 Å². The molecular formula is C14H9Cl2N3O. The molecule has 4 nitrogen and oxygen atoms in total. The molecule has 0 saturated carbocycles. The number of rotatable bonds is 1. The van der Waals surface area contributed by atoms with Crippen LogP contribution in [0, 0.1) is 0 Å². The van der Waals surface area contributed by atoms with Gasteiger partial charge in [0.05, 0.1) is 23.8 Å². The molecule has 3 heterocycles. The molecule has 0 fully saturated rings. The molecule has 1 aliphatic heterocycles. The molecule has 0 aliphatic carbocycles. The topological polar surface area (TPSA) is 50.8 Å². The number of halogens is 2. The molecule has 0 bridgehead atoms. The Bertz CT molecular complexity index is 790. The maximum absolute atomic E-state index is 5.96. The number of pyridine rings is 1. The fourth-order valence-corrected chi connectivity index (χ4v) is 2.64. The molecule has 1 N–H and O–H groups in total. The molecule has 0 saturated heterocycles. The van der Waals surface area contributed by atoms with E-state index in [1.807, 2.05) is 6.07 Å². The average Bonchev–Trinajstić information content (AvgIpc) is 3.04.